The van der Waals surface area contributed by atoms with Gasteiger partial charge in [0, 0.05) is 6.20 Å². The van der Waals surface area contributed by atoms with E-state index in [4.69, 9.17) is 4.74 Å². The summed E-state index contributed by atoms with van der Waals surface area (Å²) in [6.07, 6.45) is 6.95. The summed E-state index contributed by atoms with van der Waals surface area (Å²) in [4.78, 5) is 15.7. The third-order valence-corrected chi connectivity index (χ3v) is 3.52. The lowest BCUT2D eigenvalue weighted by molar-refractivity contribution is -0.176. The third-order valence-electron chi connectivity index (χ3n) is 3.52. The molecule has 1 aliphatic rings. The van der Waals surface area contributed by atoms with Crippen molar-refractivity contribution < 1.29 is 14.6 Å². The van der Waals surface area contributed by atoms with Crippen molar-refractivity contribution in [2.45, 2.75) is 50.7 Å². The predicted molar refractivity (Wildman–Crippen MR) is 67.2 cm³/mol. The molecule has 4 nitrogen and oxygen atoms in total. The summed E-state index contributed by atoms with van der Waals surface area (Å²) in [6.45, 7) is 1.59. The zero-order chi connectivity index (χ0) is 13.0. The average Bonchev–Trinajstić information content (AvgIpc) is 2.40. The van der Waals surface area contributed by atoms with Gasteiger partial charge in [-0.1, -0.05) is 25.3 Å². The zero-order valence-electron chi connectivity index (χ0n) is 10.6. The normalized spacial score (nSPS) is 20.3. The van der Waals surface area contributed by atoms with Crippen LogP contribution in [0, 0.1) is 0 Å². The molecule has 1 saturated carbocycles. The van der Waals surface area contributed by atoms with Gasteiger partial charge >= 0.3 is 5.97 Å². The van der Waals surface area contributed by atoms with Crippen molar-refractivity contribution in [3.63, 3.8) is 0 Å². The highest BCUT2D eigenvalue weighted by molar-refractivity contribution is 5.78. The van der Waals surface area contributed by atoms with Crippen LogP contribution in [0.4, 0.5) is 0 Å². The molecule has 0 aromatic carbocycles. The van der Waals surface area contributed by atoms with Crippen LogP contribution in [0.2, 0.25) is 0 Å². The fourth-order valence-electron chi connectivity index (χ4n) is 2.38. The fraction of sp³-hybridized carbons (Fsp3) is 0.571. The molecule has 1 atom stereocenters. The second kappa shape index (κ2) is 5.48. The first-order valence-electron chi connectivity index (χ1n) is 6.45. The van der Waals surface area contributed by atoms with Gasteiger partial charge in [0.05, 0.1) is 11.8 Å². The van der Waals surface area contributed by atoms with Crippen molar-refractivity contribution in [2.24, 2.45) is 0 Å². The Balaban J connectivity index is 2.19. The molecule has 0 saturated heterocycles. The summed E-state index contributed by atoms with van der Waals surface area (Å²) in [5.74, 6) is -0.980. The van der Waals surface area contributed by atoms with Crippen LogP contribution in [-0.4, -0.2) is 22.2 Å². The highest BCUT2D eigenvalue weighted by atomic mass is 16.5. The molecular weight excluding hydrogens is 230 g/mol. The lowest BCUT2D eigenvalue weighted by Crippen LogP contribution is -2.40. The molecule has 1 N–H and O–H groups in total. The van der Waals surface area contributed by atoms with Crippen LogP contribution < -0.4 is 0 Å². The smallest absolute Gasteiger partial charge is 0.342 e. The predicted octanol–water partition coefficient (Wildman–Crippen LogP) is 2.73. The van der Waals surface area contributed by atoms with Crippen LogP contribution in [0.3, 0.4) is 0 Å². The van der Waals surface area contributed by atoms with Crippen LogP contribution in [0.25, 0.3) is 0 Å². The van der Waals surface area contributed by atoms with E-state index in [2.05, 4.69) is 4.98 Å². The SMILES string of the molecule is CC(OC1CCCCC1)(C(=O)O)c1ccccn1. The molecule has 1 heterocycles. The molecule has 0 amide bonds. The number of hydrogen-bond acceptors (Lipinski definition) is 3. The molecule has 18 heavy (non-hydrogen) atoms. The monoisotopic (exact) mass is 249 g/mol. The maximum absolute atomic E-state index is 11.5. The Bertz CT molecular complexity index is 401. The van der Waals surface area contributed by atoms with Crippen LogP contribution >= 0.6 is 0 Å². The molecule has 1 unspecified atom stereocenters. The van der Waals surface area contributed by atoms with Gasteiger partial charge in [0.1, 0.15) is 0 Å². The average molecular weight is 249 g/mol. The van der Waals surface area contributed by atoms with Gasteiger partial charge in [-0.3, -0.25) is 4.98 Å². The van der Waals surface area contributed by atoms with E-state index in [-0.39, 0.29) is 6.10 Å². The van der Waals surface area contributed by atoms with Gasteiger partial charge in [-0.05, 0) is 31.9 Å². The number of carbonyl (C=O) groups is 1. The van der Waals surface area contributed by atoms with Gasteiger partial charge in [-0.25, -0.2) is 4.79 Å². The number of nitrogens with zero attached hydrogens (tertiary/aromatic N) is 1. The molecule has 2 rings (SSSR count). The summed E-state index contributed by atoms with van der Waals surface area (Å²) in [6, 6.07) is 5.26. The Morgan fingerprint density at radius 3 is 2.67 bits per heavy atom. The van der Waals surface area contributed by atoms with E-state index in [9.17, 15) is 9.90 Å². The number of aromatic nitrogens is 1. The van der Waals surface area contributed by atoms with Crippen molar-refractivity contribution in [3.8, 4) is 0 Å². The van der Waals surface area contributed by atoms with Crippen molar-refractivity contribution in [2.75, 3.05) is 0 Å². The number of pyridine rings is 1. The maximum Gasteiger partial charge on any atom is 0.342 e. The number of rotatable bonds is 4. The largest absolute Gasteiger partial charge is 0.479 e. The molecular formula is C14H19NO3. The summed E-state index contributed by atoms with van der Waals surface area (Å²) in [5.41, 5.74) is -0.883. The minimum Gasteiger partial charge on any atom is -0.479 e. The van der Waals surface area contributed by atoms with Gasteiger partial charge in [-0.15, -0.1) is 0 Å². The minimum atomic E-state index is -1.34. The number of ether oxygens (including phenoxy) is 1. The second-order valence-electron chi connectivity index (χ2n) is 4.93. The first-order chi connectivity index (χ1) is 8.63. The molecule has 0 radical (unpaired) electrons. The Kier molecular flexibility index (Phi) is 3.97. The van der Waals surface area contributed by atoms with E-state index in [1.165, 1.54) is 6.42 Å². The van der Waals surface area contributed by atoms with Crippen LogP contribution in [0.5, 0.6) is 0 Å². The zero-order valence-corrected chi connectivity index (χ0v) is 10.6. The lowest BCUT2D eigenvalue weighted by Gasteiger charge is -2.32. The molecule has 4 heteroatoms. The third kappa shape index (κ3) is 2.70. The summed E-state index contributed by atoms with van der Waals surface area (Å²) in [7, 11) is 0. The molecule has 1 aliphatic carbocycles. The quantitative estimate of drug-likeness (QED) is 0.891. The van der Waals surface area contributed by atoms with Crippen LogP contribution in [0.15, 0.2) is 24.4 Å². The van der Waals surface area contributed by atoms with Crippen molar-refractivity contribution in [1.29, 1.82) is 0 Å². The highest BCUT2D eigenvalue weighted by Gasteiger charge is 2.40. The minimum absolute atomic E-state index is 0.0295. The second-order valence-corrected chi connectivity index (χ2v) is 4.93. The number of hydrogen-bond donors (Lipinski definition) is 1. The molecule has 0 spiro atoms. The summed E-state index contributed by atoms with van der Waals surface area (Å²) < 4.78 is 5.86. The summed E-state index contributed by atoms with van der Waals surface area (Å²) >= 11 is 0. The molecule has 0 bridgehead atoms. The standard InChI is InChI=1S/C14H19NO3/c1-14(13(16)17,12-9-5-6-10-15-12)18-11-7-3-2-4-8-11/h5-6,9-11H,2-4,7-8H2,1H3,(H,16,17). The van der Waals surface area contributed by atoms with Gasteiger partial charge in [0.2, 0.25) is 5.60 Å². The Morgan fingerprint density at radius 2 is 2.11 bits per heavy atom. The van der Waals surface area contributed by atoms with Crippen LogP contribution in [-0.2, 0) is 15.1 Å². The van der Waals surface area contributed by atoms with Gasteiger partial charge in [-0.2, -0.15) is 0 Å². The highest BCUT2D eigenvalue weighted by Crippen LogP contribution is 2.30. The van der Waals surface area contributed by atoms with E-state index in [0.717, 1.165) is 25.7 Å². The van der Waals surface area contributed by atoms with E-state index < -0.39 is 11.6 Å². The van der Waals surface area contributed by atoms with Crippen LogP contribution in [0.1, 0.15) is 44.7 Å². The van der Waals surface area contributed by atoms with Crippen molar-refractivity contribution >= 4 is 5.97 Å². The molecule has 98 valence electrons. The van der Waals surface area contributed by atoms with E-state index in [1.54, 1.807) is 31.3 Å². The Hall–Kier alpha value is -1.42. The number of aliphatic carboxylic acids is 1. The van der Waals surface area contributed by atoms with E-state index >= 15 is 0 Å². The molecule has 1 aromatic heterocycles. The molecule has 0 aliphatic heterocycles. The topological polar surface area (TPSA) is 59.4 Å². The Labute approximate surface area is 107 Å². The maximum atomic E-state index is 11.5. The van der Waals surface area contributed by atoms with E-state index in [1.807, 2.05) is 0 Å². The fourth-order valence-corrected chi connectivity index (χ4v) is 2.38. The first-order valence-corrected chi connectivity index (χ1v) is 6.45. The lowest BCUT2D eigenvalue weighted by atomic mass is 9.95. The first kappa shape index (κ1) is 13.0. The molecule has 1 fully saturated rings. The number of carboxylic acid groups (broad SMARTS) is 1. The molecule has 1 aromatic rings. The Morgan fingerprint density at radius 1 is 1.39 bits per heavy atom. The van der Waals surface area contributed by atoms with E-state index in [0.29, 0.717) is 5.69 Å². The van der Waals surface area contributed by atoms with Gasteiger partial charge < -0.3 is 9.84 Å². The summed E-state index contributed by atoms with van der Waals surface area (Å²) in [5, 5.41) is 9.45. The van der Waals surface area contributed by atoms with Crippen molar-refractivity contribution in [3.05, 3.63) is 30.1 Å². The van der Waals surface area contributed by atoms with Crippen molar-refractivity contribution in [1.82, 2.24) is 4.98 Å². The number of carboxylic acids is 1. The van der Waals surface area contributed by atoms with Gasteiger partial charge in [0.25, 0.3) is 0 Å². The van der Waals surface area contributed by atoms with Gasteiger partial charge in [0.15, 0.2) is 0 Å².